The highest BCUT2D eigenvalue weighted by Crippen LogP contribution is 2.41. The normalized spacial score (nSPS) is 34.9. The molecule has 4 nitrogen and oxygen atoms in total. The van der Waals surface area contributed by atoms with E-state index in [0.29, 0.717) is 0 Å². The number of aliphatic hydroxyl groups is 1. The number of fused-ring (bicyclic) bond motifs is 1. The van der Waals surface area contributed by atoms with Gasteiger partial charge in [0, 0.05) is 30.5 Å². The zero-order valence-corrected chi connectivity index (χ0v) is 9.34. The molecule has 0 radical (unpaired) electrons. The molecule has 0 aliphatic carbocycles. The average Bonchev–Trinajstić information content (AvgIpc) is 2.71. The molecule has 86 valence electrons. The Labute approximate surface area is 95.3 Å². The first-order valence-corrected chi connectivity index (χ1v) is 6.02. The number of piperidine rings is 1. The van der Waals surface area contributed by atoms with Crippen LogP contribution in [-0.2, 0) is 5.60 Å². The summed E-state index contributed by atoms with van der Waals surface area (Å²) in [5, 5.41) is 10.8. The van der Waals surface area contributed by atoms with E-state index in [1.165, 1.54) is 19.2 Å². The van der Waals surface area contributed by atoms with Crippen LogP contribution in [0.1, 0.15) is 31.2 Å². The molecule has 0 amide bonds. The van der Waals surface area contributed by atoms with Gasteiger partial charge in [-0.1, -0.05) is 6.42 Å². The number of rotatable bonds is 1. The molecule has 2 atom stereocenters. The third kappa shape index (κ3) is 1.44. The van der Waals surface area contributed by atoms with E-state index in [4.69, 9.17) is 0 Å². The second-order valence-electron chi connectivity index (χ2n) is 4.85. The minimum absolute atomic E-state index is 0.271. The van der Waals surface area contributed by atoms with Crippen molar-refractivity contribution in [1.82, 2.24) is 14.9 Å². The molecule has 1 aromatic heterocycles. The van der Waals surface area contributed by atoms with Gasteiger partial charge in [0.15, 0.2) is 0 Å². The SMILES string of the molecule is OC1(c2cncnc2)CCN2CCCCC21. The molecule has 2 fully saturated rings. The van der Waals surface area contributed by atoms with E-state index in [2.05, 4.69) is 14.9 Å². The van der Waals surface area contributed by atoms with Gasteiger partial charge in [-0.25, -0.2) is 9.97 Å². The first kappa shape index (κ1) is 10.2. The molecular formula is C12H17N3O. The van der Waals surface area contributed by atoms with Gasteiger partial charge in [0.05, 0.1) is 0 Å². The van der Waals surface area contributed by atoms with Crippen LogP contribution in [0.3, 0.4) is 0 Å². The van der Waals surface area contributed by atoms with E-state index in [1.807, 2.05) is 0 Å². The average molecular weight is 219 g/mol. The van der Waals surface area contributed by atoms with Gasteiger partial charge in [0.1, 0.15) is 11.9 Å². The van der Waals surface area contributed by atoms with E-state index in [-0.39, 0.29) is 6.04 Å². The van der Waals surface area contributed by atoms with Gasteiger partial charge < -0.3 is 5.11 Å². The first-order chi connectivity index (χ1) is 7.81. The minimum Gasteiger partial charge on any atom is -0.383 e. The molecule has 4 heteroatoms. The Hall–Kier alpha value is -1.00. The van der Waals surface area contributed by atoms with Crippen LogP contribution in [0, 0.1) is 0 Å². The lowest BCUT2D eigenvalue weighted by molar-refractivity contribution is -0.0143. The van der Waals surface area contributed by atoms with Crippen LogP contribution < -0.4 is 0 Å². The summed E-state index contributed by atoms with van der Waals surface area (Å²) in [6, 6.07) is 0.271. The summed E-state index contributed by atoms with van der Waals surface area (Å²) in [6.45, 7) is 2.12. The van der Waals surface area contributed by atoms with Crippen molar-refractivity contribution in [3.63, 3.8) is 0 Å². The number of aromatic nitrogens is 2. The van der Waals surface area contributed by atoms with Crippen molar-refractivity contribution in [2.45, 2.75) is 37.3 Å². The molecule has 1 aromatic rings. The maximum absolute atomic E-state index is 10.8. The highest BCUT2D eigenvalue weighted by Gasteiger charge is 2.47. The molecule has 2 aliphatic heterocycles. The van der Waals surface area contributed by atoms with Crippen molar-refractivity contribution in [3.8, 4) is 0 Å². The van der Waals surface area contributed by atoms with Crippen LogP contribution in [0.5, 0.6) is 0 Å². The fourth-order valence-electron chi connectivity index (χ4n) is 3.14. The smallest absolute Gasteiger partial charge is 0.115 e. The summed E-state index contributed by atoms with van der Waals surface area (Å²) < 4.78 is 0. The molecule has 2 aliphatic rings. The predicted molar refractivity (Wildman–Crippen MR) is 59.8 cm³/mol. The maximum atomic E-state index is 10.8. The van der Waals surface area contributed by atoms with Crippen molar-refractivity contribution >= 4 is 0 Å². The Morgan fingerprint density at radius 2 is 2.06 bits per heavy atom. The molecule has 0 aromatic carbocycles. The van der Waals surface area contributed by atoms with Gasteiger partial charge in [-0.3, -0.25) is 4.90 Å². The predicted octanol–water partition coefficient (Wildman–Crippen LogP) is 0.922. The third-order valence-electron chi connectivity index (χ3n) is 4.01. The monoisotopic (exact) mass is 219 g/mol. The summed E-state index contributed by atoms with van der Waals surface area (Å²) in [4.78, 5) is 10.5. The third-order valence-corrected chi connectivity index (χ3v) is 4.01. The molecule has 2 saturated heterocycles. The van der Waals surface area contributed by atoms with Crippen molar-refractivity contribution in [1.29, 1.82) is 0 Å². The Kier molecular flexibility index (Phi) is 2.41. The van der Waals surface area contributed by atoms with Gasteiger partial charge in [-0.2, -0.15) is 0 Å². The van der Waals surface area contributed by atoms with Gasteiger partial charge in [-0.05, 0) is 25.8 Å². The van der Waals surface area contributed by atoms with Crippen LogP contribution in [0.25, 0.3) is 0 Å². The summed E-state index contributed by atoms with van der Waals surface area (Å²) in [7, 11) is 0. The zero-order chi connectivity index (χ0) is 11.0. The maximum Gasteiger partial charge on any atom is 0.115 e. The van der Waals surface area contributed by atoms with Crippen molar-refractivity contribution < 1.29 is 5.11 Å². The molecule has 3 heterocycles. The van der Waals surface area contributed by atoms with E-state index < -0.39 is 5.60 Å². The minimum atomic E-state index is -0.721. The molecule has 1 N–H and O–H groups in total. The summed E-state index contributed by atoms with van der Waals surface area (Å²) in [5.74, 6) is 0. The van der Waals surface area contributed by atoms with E-state index in [9.17, 15) is 5.11 Å². The van der Waals surface area contributed by atoms with Gasteiger partial charge in [-0.15, -0.1) is 0 Å². The second kappa shape index (κ2) is 3.79. The fourth-order valence-corrected chi connectivity index (χ4v) is 3.14. The van der Waals surface area contributed by atoms with Crippen LogP contribution in [0.2, 0.25) is 0 Å². The van der Waals surface area contributed by atoms with Crippen LogP contribution in [-0.4, -0.2) is 39.1 Å². The molecule has 0 spiro atoms. The molecular weight excluding hydrogens is 202 g/mol. The molecule has 0 saturated carbocycles. The van der Waals surface area contributed by atoms with Crippen molar-refractivity contribution in [3.05, 3.63) is 24.3 Å². The quantitative estimate of drug-likeness (QED) is 0.763. The second-order valence-corrected chi connectivity index (χ2v) is 4.85. The lowest BCUT2D eigenvalue weighted by atomic mass is 9.84. The number of nitrogens with zero attached hydrogens (tertiary/aromatic N) is 3. The van der Waals surface area contributed by atoms with E-state index in [1.54, 1.807) is 12.4 Å². The van der Waals surface area contributed by atoms with E-state index >= 15 is 0 Å². The van der Waals surface area contributed by atoms with Gasteiger partial charge in [0.2, 0.25) is 0 Å². The van der Waals surface area contributed by atoms with Gasteiger partial charge in [0.25, 0.3) is 0 Å². The van der Waals surface area contributed by atoms with Crippen molar-refractivity contribution in [2.24, 2.45) is 0 Å². The van der Waals surface area contributed by atoms with Gasteiger partial charge >= 0.3 is 0 Å². The molecule has 0 bridgehead atoms. The lowest BCUT2D eigenvalue weighted by Gasteiger charge is -2.37. The Morgan fingerprint density at radius 1 is 1.25 bits per heavy atom. The Bertz CT molecular complexity index is 370. The number of hydrogen-bond donors (Lipinski definition) is 1. The number of hydrogen-bond acceptors (Lipinski definition) is 4. The standard InChI is InChI=1S/C12H17N3O/c16-12(10-7-13-9-14-8-10)4-6-15-5-2-1-3-11(12)15/h7-9,11,16H,1-6H2. The van der Waals surface area contributed by atoms with Crippen LogP contribution in [0.4, 0.5) is 0 Å². The Balaban J connectivity index is 1.93. The highest BCUT2D eigenvalue weighted by atomic mass is 16.3. The lowest BCUT2D eigenvalue weighted by Crippen LogP contribution is -2.45. The summed E-state index contributed by atoms with van der Waals surface area (Å²) >= 11 is 0. The highest BCUT2D eigenvalue weighted by molar-refractivity contribution is 5.21. The largest absolute Gasteiger partial charge is 0.383 e. The fraction of sp³-hybridized carbons (Fsp3) is 0.667. The first-order valence-electron chi connectivity index (χ1n) is 6.02. The van der Waals surface area contributed by atoms with Crippen LogP contribution in [0.15, 0.2) is 18.7 Å². The molecule has 2 unspecified atom stereocenters. The topological polar surface area (TPSA) is 49.3 Å². The summed E-state index contributed by atoms with van der Waals surface area (Å²) in [6.07, 6.45) is 9.40. The van der Waals surface area contributed by atoms with Crippen molar-refractivity contribution in [2.75, 3.05) is 13.1 Å². The molecule has 3 rings (SSSR count). The molecule has 16 heavy (non-hydrogen) atoms. The van der Waals surface area contributed by atoms with Crippen LogP contribution >= 0.6 is 0 Å². The van der Waals surface area contributed by atoms with E-state index in [0.717, 1.165) is 31.5 Å². The zero-order valence-electron chi connectivity index (χ0n) is 9.34. The Morgan fingerprint density at radius 3 is 2.88 bits per heavy atom. The summed E-state index contributed by atoms with van der Waals surface area (Å²) in [5.41, 5.74) is 0.159.